The highest BCUT2D eigenvalue weighted by atomic mass is 35.5. The second-order valence-corrected chi connectivity index (χ2v) is 4.36. The van der Waals surface area contributed by atoms with Gasteiger partial charge in [-0.15, -0.1) is 0 Å². The Labute approximate surface area is 86.2 Å². The van der Waals surface area contributed by atoms with Crippen LogP contribution in [0.15, 0.2) is 18.2 Å². The molecule has 2 unspecified atom stereocenters. The monoisotopic (exact) mass is 208 g/mol. The smallest absolute Gasteiger partial charge is 0.236 e. The fourth-order valence-electron chi connectivity index (χ4n) is 2.21. The predicted octanol–water partition coefficient (Wildman–Crippen LogP) is 1.26. The maximum atomic E-state index is 11.7. The van der Waals surface area contributed by atoms with E-state index in [0.29, 0.717) is 5.02 Å². The first kappa shape index (κ1) is 8.26. The average molecular weight is 209 g/mol. The van der Waals surface area contributed by atoms with Crippen molar-refractivity contribution in [2.75, 3.05) is 5.32 Å². The van der Waals surface area contributed by atoms with Gasteiger partial charge in [-0.2, -0.15) is 0 Å². The van der Waals surface area contributed by atoms with Gasteiger partial charge >= 0.3 is 0 Å². The van der Waals surface area contributed by atoms with Crippen molar-refractivity contribution in [3.63, 3.8) is 0 Å². The molecule has 3 rings (SSSR count). The minimum Gasteiger partial charge on any atom is -0.326 e. The largest absolute Gasteiger partial charge is 0.326 e. The molecule has 3 N–H and O–H groups in total. The molecule has 0 aromatic heterocycles. The van der Waals surface area contributed by atoms with Crippen LogP contribution in [0, 0.1) is 0 Å². The summed E-state index contributed by atoms with van der Waals surface area (Å²) in [6.45, 7) is 0. The van der Waals surface area contributed by atoms with Crippen LogP contribution in [0.2, 0.25) is 5.02 Å². The first-order valence-electron chi connectivity index (χ1n) is 4.51. The third-order valence-electron chi connectivity index (χ3n) is 3.13. The molecule has 72 valence electrons. The number of hydrogen-bond donors (Lipinski definition) is 2. The zero-order valence-electron chi connectivity index (χ0n) is 7.38. The van der Waals surface area contributed by atoms with Crippen LogP contribution in [0.1, 0.15) is 12.0 Å². The molecule has 2 aliphatic rings. The van der Waals surface area contributed by atoms with Crippen molar-refractivity contribution in [1.29, 1.82) is 0 Å². The van der Waals surface area contributed by atoms with Gasteiger partial charge in [0.1, 0.15) is 0 Å². The second kappa shape index (κ2) is 2.30. The van der Waals surface area contributed by atoms with Crippen LogP contribution >= 0.6 is 11.6 Å². The Morgan fingerprint density at radius 1 is 1.57 bits per heavy atom. The zero-order chi connectivity index (χ0) is 9.92. The van der Waals surface area contributed by atoms with E-state index in [1.807, 2.05) is 12.1 Å². The Balaban J connectivity index is 2.22. The lowest BCUT2D eigenvalue weighted by atomic mass is 9.97. The van der Waals surface area contributed by atoms with Gasteiger partial charge in [0.2, 0.25) is 5.91 Å². The zero-order valence-corrected chi connectivity index (χ0v) is 8.14. The molecule has 1 saturated carbocycles. The third kappa shape index (κ3) is 0.792. The number of halogens is 1. The Hall–Kier alpha value is -1.06. The lowest BCUT2D eigenvalue weighted by Crippen LogP contribution is -2.26. The molecular weight excluding hydrogens is 200 g/mol. The van der Waals surface area contributed by atoms with Crippen LogP contribution in [0.4, 0.5) is 5.69 Å². The Kier molecular flexibility index (Phi) is 1.36. The van der Waals surface area contributed by atoms with Crippen LogP contribution < -0.4 is 11.1 Å². The molecule has 1 fully saturated rings. The summed E-state index contributed by atoms with van der Waals surface area (Å²) in [5.41, 5.74) is 7.16. The maximum Gasteiger partial charge on any atom is 0.236 e. The number of fused-ring (bicyclic) bond motifs is 2. The first-order valence-corrected chi connectivity index (χ1v) is 4.89. The van der Waals surface area contributed by atoms with E-state index in [1.54, 1.807) is 6.07 Å². The van der Waals surface area contributed by atoms with Crippen molar-refractivity contribution in [2.45, 2.75) is 17.9 Å². The summed E-state index contributed by atoms with van der Waals surface area (Å²) >= 11 is 5.89. The molecule has 2 atom stereocenters. The lowest BCUT2D eigenvalue weighted by Gasteiger charge is -2.05. The molecule has 1 aromatic rings. The summed E-state index contributed by atoms with van der Waals surface area (Å²) in [4.78, 5) is 11.7. The Morgan fingerprint density at radius 2 is 2.29 bits per heavy atom. The minimum absolute atomic E-state index is 0.0160. The molecule has 1 aliphatic heterocycles. The fraction of sp³-hybridized carbons (Fsp3) is 0.300. The van der Waals surface area contributed by atoms with Gasteiger partial charge < -0.3 is 11.1 Å². The van der Waals surface area contributed by atoms with Gasteiger partial charge in [-0.1, -0.05) is 11.6 Å². The normalized spacial score (nSPS) is 33.0. The second-order valence-electron chi connectivity index (χ2n) is 3.93. The van der Waals surface area contributed by atoms with Crippen LogP contribution in [0.25, 0.3) is 0 Å². The predicted molar refractivity (Wildman–Crippen MR) is 54.4 cm³/mol. The van der Waals surface area contributed by atoms with Crippen LogP contribution in [0.3, 0.4) is 0 Å². The molecule has 1 spiro atoms. The molecule has 1 aliphatic carbocycles. The molecule has 1 heterocycles. The summed E-state index contributed by atoms with van der Waals surface area (Å²) < 4.78 is 0. The molecule has 1 aromatic carbocycles. The van der Waals surface area contributed by atoms with E-state index >= 15 is 0 Å². The Bertz CT molecular complexity index is 446. The SMILES string of the molecule is NC1CC12C(=O)Nc1ccc(Cl)cc12. The van der Waals surface area contributed by atoms with Crippen molar-refractivity contribution in [2.24, 2.45) is 5.73 Å². The third-order valence-corrected chi connectivity index (χ3v) is 3.37. The fourth-order valence-corrected chi connectivity index (χ4v) is 2.38. The highest BCUT2D eigenvalue weighted by molar-refractivity contribution is 6.31. The summed E-state index contributed by atoms with van der Waals surface area (Å²) in [6.07, 6.45) is 0.728. The van der Waals surface area contributed by atoms with E-state index < -0.39 is 5.41 Å². The van der Waals surface area contributed by atoms with Crippen molar-refractivity contribution in [1.82, 2.24) is 0 Å². The molecule has 14 heavy (non-hydrogen) atoms. The number of benzene rings is 1. The number of hydrogen-bond acceptors (Lipinski definition) is 2. The summed E-state index contributed by atoms with van der Waals surface area (Å²) in [5.74, 6) is 0.0160. The van der Waals surface area contributed by atoms with Gasteiger partial charge in [-0.05, 0) is 30.2 Å². The first-order chi connectivity index (χ1) is 6.64. The van der Waals surface area contributed by atoms with E-state index in [2.05, 4.69) is 5.32 Å². The quantitative estimate of drug-likeness (QED) is 0.675. The van der Waals surface area contributed by atoms with Gasteiger partial charge in [0.15, 0.2) is 0 Å². The van der Waals surface area contributed by atoms with E-state index in [0.717, 1.165) is 17.7 Å². The molecule has 0 bridgehead atoms. The highest BCUT2D eigenvalue weighted by Crippen LogP contribution is 2.54. The molecule has 3 nitrogen and oxygen atoms in total. The highest BCUT2D eigenvalue weighted by Gasteiger charge is 2.63. The number of carbonyl (C=O) groups excluding carboxylic acids is 1. The number of amides is 1. The molecule has 1 amide bonds. The molecule has 4 heteroatoms. The lowest BCUT2D eigenvalue weighted by molar-refractivity contribution is -0.118. The van der Waals surface area contributed by atoms with Gasteiger partial charge in [-0.3, -0.25) is 4.79 Å². The van der Waals surface area contributed by atoms with E-state index in [-0.39, 0.29) is 11.9 Å². The van der Waals surface area contributed by atoms with Crippen molar-refractivity contribution in [3.05, 3.63) is 28.8 Å². The molecule has 0 saturated heterocycles. The van der Waals surface area contributed by atoms with Crippen LogP contribution in [-0.2, 0) is 10.2 Å². The van der Waals surface area contributed by atoms with Gasteiger partial charge in [0.25, 0.3) is 0 Å². The minimum atomic E-state index is -0.472. The van der Waals surface area contributed by atoms with Crippen molar-refractivity contribution in [3.8, 4) is 0 Å². The van der Waals surface area contributed by atoms with Crippen LogP contribution in [0.5, 0.6) is 0 Å². The van der Waals surface area contributed by atoms with Gasteiger partial charge in [-0.25, -0.2) is 0 Å². The summed E-state index contributed by atoms with van der Waals surface area (Å²) in [5, 5.41) is 3.48. The topological polar surface area (TPSA) is 55.1 Å². The number of anilines is 1. The number of nitrogens with one attached hydrogen (secondary N) is 1. The van der Waals surface area contributed by atoms with E-state index in [9.17, 15) is 4.79 Å². The standard InChI is InChI=1S/C10H9ClN2O/c11-5-1-2-7-6(3-5)10(4-8(10)12)9(14)13-7/h1-3,8H,4,12H2,(H,13,14). The molecule has 0 radical (unpaired) electrons. The van der Waals surface area contributed by atoms with Gasteiger partial charge in [0.05, 0.1) is 5.41 Å². The molecular formula is C10H9ClN2O. The summed E-state index contributed by atoms with van der Waals surface area (Å²) in [6, 6.07) is 5.38. The number of nitrogens with two attached hydrogens (primary N) is 1. The van der Waals surface area contributed by atoms with Gasteiger partial charge in [0, 0.05) is 16.8 Å². The average Bonchev–Trinajstić information content (AvgIpc) is 2.74. The number of rotatable bonds is 0. The number of carbonyl (C=O) groups is 1. The van der Waals surface area contributed by atoms with E-state index in [1.165, 1.54) is 0 Å². The van der Waals surface area contributed by atoms with E-state index in [4.69, 9.17) is 17.3 Å². The van der Waals surface area contributed by atoms with Crippen molar-refractivity contribution < 1.29 is 4.79 Å². The summed E-state index contributed by atoms with van der Waals surface area (Å²) in [7, 11) is 0. The van der Waals surface area contributed by atoms with Crippen molar-refractivity contribution >= 4 is 23.2 Å². The maximum absolute atomic E-state index is 11.7. The Morgan fingerprint density at radius 3 is 2.93 bits per heavy atom. The van der Waals surface area contributed by atoms with Crippen LogP contribution in [-0.4, -0.2) is 11.9 Å².